The van der Waals surface area contributed by atoms with E-state index in [2.05, 4.69) is 4.98 Å². The van der Waals surface area contributed by atoms with Crippen molar-refractivity contribution in [2.45, 2.75) is 6.92 Å². The van der Waals surface area contributed by atoms with Crippen molar-refractivity contribution < 1.29 is 23.6 Å². The molecule has 4 rings (SSSR count). The highest BCUT2D eigenvalue weighted by Crippen LogP contribution is 2.24. The number of fused-ring (bicyclic) bond motifs is 2. The second kappa shape index (κ2) is 5.02. The molecule has 0 unspecified atom stereocenters. The molecule has 0 N–H and O–H groups in total. The van der Waals surface area contributed by atoms with Crippen LogP contribution >= 0.6 is 0 Å². The third-order valence-corrected chi connectivity index (χ3v) is 3.65. The zero-order chi connectivity index (χ0) is 16.8. The zero-order valence-corrected chi connectivity index (χ0v) is 12.5. The van der Waals surface area contributed by atoms with Gasteiger partial charge in [0.15, 0.2) is 5.58 Å². The van der Waals surface area contributed by atoms with E-state index in [0.717, 1.165) is 5.69 Å². The first-order chi connectivity index (χ1) is 11.5. The summed E-state index contributed by atoms with van der Waals surface area (Å²) in [6, 6.07) is 11.1. The number of imide groups is 1. The predicted molar refractivity (Wildman–Crippen MR) is 81.1 cm³/mol. The van der Waals surface area contributed by atoms with E-state index in [-0.39, 0.29) is 16.9 Å². The fraction of sp³-hybridized carbons (Fsp3) is 0.0588. The summed E-state index contributed by atoms with van der Waals surface area (Å²) in [5, 5.41) is 0.443. The smallest absolute Gasteiger partial charge is 0.399 e. The fourth-order valence-electron chi connectivity index (χ4n) is 2.50. The molecule has 3 aromatic rings. The molecule has 1 aliphatic rings. The standard InChI is InChI=1S/C17H10N2O5/c1-9-6-7-13-12(18-9)8-14(23-13)17(22)24-19-15(20)10-4-2-3-5-11(10)16(19)21/h2-8H,1H3. The Morgan fingerprint density at radius 1 is 1.08 bits per heavy atom. The van der Waals surface area contributed by atoms with Gasteiger partial charge in [0.05, 0.1) is 11.1 Å². The van der Waals surface area contributed by atoms with Gasteiger partial charge in [-0.1, -0.05) is 17.2 Å². The van der Waals surface area contributed by atoms with Crippen molar-refractivity contribution in [3.8, 4) is 0 Å². The quantitative estimate of drug-likeness (QED) is 0.673. The third-order valence-electron chi connectivity index (χ3n) is 3.65. The Hall–Kier alpha value is -3.48. The average molecular weight is 322 g/mol. The number of hydrogen-bond donors (Lipinski definition) is 0. The minimum absolute atomic E-state index is 0.139. The van der Waals surface area contributed by atoms with Crippen LogP contribution in [0, 0.1) is 6.92 Å². The van der Waals surface area contributed by atoms with Gasteiger partial charge in [-0.3, -0.25) is 9.59 Å². The number of rotatable bonds is 2. The largest absolute Gasteiger partial charge is 0.447 e. The molecule has 0 saturated carbocycles. The second-order valence-electron chi connectivity index (χ2n) is 5.28. The van der Waals surface area contributed by atoms with Gasteiger partial charge in [0.1, 0.15) is 5.52 Å². The molecule has 0 radical (unpaired) electrons. The van der Waals surface area contributed by atoms with Gasteiger partial charge in [0.2, 0.25) is 5.76 Å². The predicted octanol–water partition coefficient (Wildman–Crippen LogP) is 2.50. The van der Waals surface area contributed by atoms with Crippen molar-refractivity contribution in [1.29, 1.82) is 0 Å². The van der Waals surface area contributed by atoms with Crippen LogP contribution in [0.2, 0.25) is 0 Å². The number of aryl methyl sites for hydroxylation is 1. The molecule has 0 bridgehead atoms. The lowest BCUT2D eigenvalue weighted by Crippen LogP contribution is -2.32. The molecule has 1 aromatic carbocycles. The summed E-state index contributed by atoms with van der Waals surface area (Å²) in [6.45, 7) is 1.81. The Balaban J connectivity index is 1.62. The highest BCUT2D eigenvalue weighted by atomic mass is 16.7. The molecule has 7 heteroatoms. The lowest BCUT2D eigenvalue weighted by atomic mass is 10.1. The van der Waals surface area contributed by atoms with Crippen molar-refractivity contribution in [2.24, 2.45) is 0 Å². The summed E-state index contributed by atoms with van der Waals surface area (Å²) >= 11 is 0. The summed E-state index contributed by atoms with van der Waals surface area (Å²) in [5.74, 6) is -2.46. The second-order valence-corrected chi connectivity index (χ2v) is 5.28. The average Bonchev–Trinajstić information content (AvgIpc) is 3.10. The van der Waals surface area contributed by atoms with Crippen LogP contribution < -0.4 is 0 Å². The molecule has 0 atom stereocenters. The van der Waals surface area contributed by atoms with Crippen LogP contribution in [0.1, 0.15) is 37.0 Å². The lowest BCUT2D eigenvalue weighted by molar-refractivity contribution is -0.0602. The number of amides is 2. The third kappa shape index (κ3) is 2.06. The SMILES string of the molecule is Cc1ccc2oc(C(=O)ON3C(=O)c4ccccc4C3=O)cc2n1. The Morgan fingerprint density at radius 2 is 1.75 bits per heavy atom. The molecule has 0 aliphatic carbocycles. The Kier molecular flexibility index (Phi) is 2.96. The normalized spacial score (nSPS) is 13.5. The first-order valence-electron chi connectivity index (χ1n) is 7.12. The van der Waals surface area contributed by atoms with E-state index in [4.69, 9.17) is 9.25 Å². The molecule has 0 fully saturated rings. The van der Waals surface area contributed by atoms with Crippen LogP contribution in [0.4, 0.5) is 0 Å². The van der Waals surface area contributed by atoms with E-state index >= 15 is 0 Å². The Bertz CT molecular complexity index is 986. The van der Waals surface area contributed by atoms with Crippen LogP contribution in [0.25, 0.3) is 11.1 Å². The van der Waals surface area contributed by atoms with Gasteiger partial charge in [-0.05, 0) is 31.2 Å². The van der Waals surface area contributed by atoms with E-state index in [1.54, 1.807) is 24.3 Å². The molecule has 0 spiro atoms. The molecule has 118 valence electrons. The molecular weight excluding hydrogens is 312 g/mol. The number of nitrogens with zero attached hydrogens (tertiary/aromatic N) is 2. The van der Waals surface area contributed by atoms with E-state index in [9.17, 15) is 14.4 Å². The van der Waals surface area contributed by atoms with Crippen molar-refractivity contribution in [3.05, 3.63) is 65.0 Å². The molecule has 1 aliphatic heterocycles. The Morgan fingerprint density at radius 3 is 2.42 bits per heavy atom. The number of aromatic nitrogens is 1. The molecule has 24 heavy (non-hydrogen) atoms. The lowest BCUT2D eigenvalue weighted by Gasteiger charge is -2.11. The van der Waals surface area contributed by atoms with E-state index in [1.165, 1.54) is 18.2 Å². The highest BCUT2D eigenvalue weighted by molar-refractivity contribution is 6.21. The zero-order valence-electron chi connectivity index (χ0n) is 12.5. The van der Waals surface area contributed by atoms with Crippen LogP contribution in [0.15, 0.2) is 46.9 Å². The summed E-state index contributed by atoms with van der Waals surface area (Å²) in [6.07, 6.45) is 0. The molecule has 2 aromatic heterocycles. The first-order valence-corrected chi connectivity index (χ1v) is 7.12. The molecule has 2 amide bonds. The molecule has 0 saturated heterocycles. The number of benzene rings is 1. The van der Waals surface area contributed by atoms with Gasteiger partial charge in [-0.2, -0.15) is 0 Å². The number of carbonyl (C=O) groups excluding carboxylic acids is 3. The number of hydroxylamine groups is 2. The Labute approximate surface area is 135 Å². The summed E-state index contributed by atoms with van der Waals surface area (Å²) in [5.41, 5.74) is 2.05. The van der Waals surface area contributed by atoms with Gasteiger partial charge >= 0.3 is 5.97 Å². The number of furan rings is 1. The minimum Gasteiger partial charge on any atom is -0.447 e. The topological polar surface area (TPSA) is 89.7 Å². The van der Waals surface area contributed by atoms with Gasteiger partial charge in [-0.15, -0.1) is 0 Å². The van der Waals surface area contributed by atoms with Crippen LogP contribution in [-0.2, 0) is 4.84 Å². The van der Waals surface area contributed by atoms with Gasteiger partial charge in [0.25, 0.3) is 11.8 Å². The maximum Gasteiger partial charge on any atom is 0.399 e. The van der Waals surface area contributed by atoms with Gasteiger partial charge in [0, 0.05) is 11.8 Å². The summed E-state index contributed by atoms with van der Waals surface area (Å²) in [7, 11) is 0. The van der Waals surface area contributed by atoms with Crippen molar-refractivity contribution in [3.63, 3.8) is 0 Å². The van der Waals surface area contributed by atoms with Crippen molar-refractivity contribution in [2.75, 3.05) is 0 Å². The number of pyridine rings is 1. The maximum atomic E-state index is 12.2. The van der Waals surface area contributed by atoms with Crippen molar-refractivity contribution >= 4 is 28.9 Å². The van der Waals surface area contributed by atoms with Crippen molar-refractivity contribution in [1.82, 2.24) is 10.0 Å². The molecule has 3 heterocycles. The van der Waals surface area contributed by atoms with E-state index in [1.807, 2.05) is 6.92 Å². The number of hydrogen-bond acceptors (Lipinski definition) is 6. The maximum absolute atomic E-state index is 12.2. The summed E-state index contributed by atoms with van der Waals surface area (Å²) < 4.78 is 5.36. The number of carbonyl (C=O) groups is 3. The van der Waals surface area contributed by atoms with Crippen LogP contribution in [-0.4, -0.2) is 27.8 Å². The van der Waals surface area contributed by atoms with Gasteiger partial charge < -0.3 is 9.25 Å². The minimum atomic E-state index is -0.944. The van der Waals surface area contributed by atoms with Gasteiger partial charge in [-0.25, -0.2) is 9.78 Å². The molecular formula is C17H10N2O5. The van der Waals surface area contributed by atoms with Crippen LogP contribution in [0.3, 0.4) is 0 Å². The van der Waals surface area contributed by atoms with E-state index < -0.39 is 17.8 Å². The first kappa shape index (κ1) is 14.1. The fourth-order valence-corrected chi connectivity index (χ4v) is 2.50. The summed E-state index contributed by atoms with van der Waals surface area (Å²) in [4.78, 5) is 45.7. The monoisotopic (exact) mass is 322 g/mol. The van der Waals surface area contributed by atoms with E-state index in [0.29, 0.717) is 16.2 Å². The highest BCUT2D eigenvalue weighted by Gasteiger charge is 2.39. The van der Waals surface area contributed by atoms with Crippen LogP contribution in [0.5, 0.6) is 0 Å². The molecule has 7 nitrogen and oxygen atoms in total.